The van der Waals surface area contributed by atoms with Crippen LogP contribution in [-0.4, -0.2) is 11.8 Å². The number of carbonyl (C=O) groups excluding carboxylic acids is 2. The van der Waals surface area contributed by atoms with Crippen molar-refractivity contribution in [1.29, 1.82) is 0 Å². The van der Waals surface area contributed by atoms with Crippen molar-refractivity contribution in [2.75, 3.05) is 4.90 Å². The summed E-state index contributed by atoms with van der Waals surface area (Å²) in [5.74, 6) is 0.0384. The number of para-hydroxylation sites is 1. The maximum absolute atomic E-state index is 12.6. The van der Waals surface area contributed by atoms with E-state index in [4.69, 9.17) is 0 Å². The lowest BCUT2D eigenvalue weighted by Crippen LogP contribution is -2.32. The Labute approximate surface area is 114 Å². The van der Waals surface area contributed by atoms with Gasteiger partial charge in [0, 0.05) is 5.92 Å². The molecule has 1 aliphatic heterocycles. The fraction of sp³-hybridized carbons (Fsp3) is 0.500. The molecule has 0 aliphatic carbocycles. The smallest absolute Gasteiger partial charge is 0.237 e. The highest BCUT2D eigenvalue weighted by atomic mass is 16.2. The Balaban J connectivity index is 2.34. The summed E-state index contributed by atoms with van der Waals surface area (Å²) in [5, 5.41) is 0. The van der Waals surface area contributed by atoms with Gasteiger partial charge in [-0.3, -0.25) is 14.5 Å². The van der Waals surface area contributed by atoms with Gasteiger partial charge in [-0.2, -0.15) is 0 Å². The fourth-order valence-corrected chi connectivity index (χ4v) is 2.76. The van der Waals surface area contributed by atoms with Gasteiger partial charge in [-0.15, -0.1) is 0 Å². The number of hydrogen-bond acceptors (Lipinski definition) is 2. The molecule has 0 spiro atoms. The molecule has 2 amide bonds. The average Bonchev–Trinajstić information content (AvgIpc) is 2.61. The van der Waals surface area contributed by atoms with Crippen LogP contribution in [-0.2, 0) is 9.59 Å². The van der Waals surface area contributed by atoms with E-state index >= 15 is 0 Å². The summed E-state index contributed by atoms with van der Waals surface area (Å²) in [7, 11) is 0. The molecule has 0 bridgehead atoms. The molecule has 1 saturated heterocycles. The van der Waals surface area contributed by atoms with Crippen LogP contribution in [0.1, 0.15) is 27.7 Å². The second kappa shape index (κ2) is 5.16. The van der Waals surface area contributed by atoms with E-state index < -0.39 is 0 Å². The van der Waals surface area contributed by atoms with E-state index in [9.17, 15) is 9.59 Å². The zero-order valence-electron chi connectivity index (χ0n) is 12.0. The van der Waals surface area contributed by atoms with E-state index in [-0.39, 0.29) is 29.6 Å². The van der Waals surface area contributed by atoms with Crippen LogP contribution in [0.3, 0.4) is 0 Å². The molecule has 1 aliphatic rings. The Kier molecular flexibility index (Phi) is 3.74. The summed E-state index contributed by atoms with van der Waals surface area (Å²) in [4.78, 5) is 26.3. The van der Waals surface area contributed by atoms with Gasteiger partial charge in [-0.1, -0.05) is 45.9 Å². The molecule has 102 valence electrons. The molecule has 3 unspecified atom stereocenters. The van der Waals surface area contributed by atoms with Gasteiger partial charge in [0.1, 0.15) is 0 Å². The van der Waals surface area contributed by atoms with Crippen LogP contribution in [0.25, 0.3) is 0 Å². The normalized spacial score (nSPS) is 25.2. The molecule has 1 aromatic rings. The lowest BCUT2D eigenvalue weighted by atomic mass is 9.79. The molecular weight excluding hydrogens is 238 g/mol. The Hall–Kier alpha value is -1.64. The van der Waals surface area contributed by atoms with Gasteiger partial charge >= 0.3 is 0 Å². The summed E-state index contributed by atoms with van der Waals surface area (Å²) < 4.78 is 0. The molecule has 1 heterocycles. The summed E-state index contributed by atoms with van der Waals surface area (Å²) in [6, 6.07) is 9.20. The Morgan fingerprint density at radius 2 is 1.58 bits per heavy atom. The average molecular weight is 259 g/mol. The first kappa shape index (κ1) is 13.8. The van der Waals surface area contributed by atoms with Crippen LogP contribution in [0, 0.1) is 23.7 Å². The summed E-state index contributed by atoms with van der Waals surface area (Å²) in [6.07, 6.45) is 0. The number of rotatable bonds is 3. The van der Waals surface area contributed by atoms with Crippen molar-refractivity contribution in [3.63, 3.8) is 0 Å². The zero-order valence-corrected chi connectivity index (χ0v) is 12.0. The van der Waals surface area contributed by atoms with Crippen molar-refractivity contribution in [1.82, 2.24) is 0 Å². The quantitative estimate of drug-likeness (QED) is 0.782. The summed E-state index contributed by atoms with van der Waals surface area (Å²) in [6.45, 7) is 8.12. The highest BCUT2D eigenvalue weighted by Gasteiger charge is 2.48. The van der Waals surface area contributed by atoms with Crippen LogP contribution < -0.4 is 4.90 Å². The summed E-state index contributed by atoms with van der Waals surface area (Å²) >= 11 is 0. The monoisotopic (exact) mass is 259 g/mol. The molecule has 1 aromatic carbocycles. The van der Waals surface area contributed by atoms with Gasteiger partial charge in [-0.25, -0.2) is 0 Å². The standard InChI is InChI=1S/C16H21NO2/c1-10(2)11(3)14-12(4)15(18)17(16(14)19)13-8-6-5-7-9-13/h5-12,14H,1-4H3. The minimum Gasteiger partial charge on any atom is -0.274 e. The summed E-state index contributed by atoms with van der Waals surface area (Å²) in [5.41, 5.74) is 0.683. The minimum absolute atomic E-state index is 0.0510. The van der Waals surface area contributed by atoms with E-state index in [0.29, 0.717) is 11.6 Å². The number of hydrogen-bond donors (Lipinski definition) is 0. The van der Waals surface area contributed by atoms with Crippen LogP contribution >= 0.6 is 0 Å². The molecule has 2 rings (SSSR count). The van der Waals surface area contributed by atoms with E-state index in [1.165, 1.54) is 4.90 Å². The lowest BCUT2D eigenvalue weighted by molar-refractivity contribution is -0.123. The van der Waals surface area contributed by atoms with Crippen molar-refractivity contribution in [3.8, 4) is 0 Å². The topological polar surface area (TPSA) is 37.4 Å². The number of amides is 2. The third-order valence-corrected chi connectivity index (χ3v) is 4.29. The fourth-order valence-electron chi connectivity index (χ4n) is 2.76. The number of carbonyl (C=O) groups is 2. The van der Waals surface area contributed by atoms with Gasteiger partial charge in [0.25, 0.3) is 0 Å². The maximum Gasteiger partial charge on any atom is 0.237 e. The zero-order chi connectivity index (χ0) is 14.2. The molecule has 19 heavy (non-hydrogen) atoms. The minimum atomic E-state index is -0.231. The van der Waals surface area contributed by atoms with Gasteiger partial charge in [0.05, 0.1) is 11.6 Å². The van der Waals surface area contributed by atoms with E-state index in [1.54, 1.807) is 0 Å². The maximum atomic E-state index is 12.6. The van der Waals surface area contributed by atoms with E-state index in [1.807, 2.05) is 37.3 Å². The van der Waals surface area contributed by atoms with Crippen molar-refractivity contribution in [3.05, 3.63) is 30.3 Å². The van der Waals surface area contributed by atoms with Gasteiger partial charge < -0.3 is 0 Å². The van der Waals surface area contributed by atoms with Crippen molar-refractivity contribution < 1.29 is 9.59 Å². The lowest BCUT2D eigenvalue weighted by Gasteiger charge is -2.23. The molecule has 3 atom stereocenters. The predicted octanol–water partition coefficient (Wildman–Crippen LogP) is 3.10. The van der Waals surface area contributed by atoms with E-state index in [2.05, 4.69) is 20.8 Å². The Morgan fingerprint density at radius 3 is 2.11 bits per heavy atom. The van der Waals surface area contributed by atoms with Crippen molar-refractivity contribution in [2.45, 2.75) is 27.7 Å². The molecular formula is C16H21NO2. The first-order valence-electron chi connectivity index (χ1n) is 6.88. The largest absolute Gasteiger partial charge is 0.274 e. The number of imide groups is 1. The second-order valence-electron chi connectivity index (χ2n) is 5.77. The molecule has 0 saturated carbocycles. The van der Waals surface area contributed by atoms with Gasteiger partial charge in [0.15, 0.2) is 0 Å². The van der Waals surface area contributed by atoms with Crippen LogP contribution in [0.2, 0.25) is 0 Å². The molecule has 1 fully saturated rings. The Morgan fingerprint density at radius 1 is 1.00 bits per heavy atom. The van der Waals surface area contributed by atoms with Crippen molar-refractivity contribution in [2.24, 2.45) is 23.7 Å². The predicted molar refractivity (Wildman–Crippen MR) is 75.6 cm³/mol. The Bertz CT molecular complexity index is 481. The number of benzene rings is 1. The van der Waals surface area contributed by atoms with E-state index in [0.717, 1.165) is 0 Å². The van der Waals surface area contributed by atoms with Gasteiger partial charge in [0.2, 0.25) is 11.8 Å². The first-order valence-corrected chi connectivity index (χ1v) is 6.88. The number of nitrogens with zero attached hydrogens (tertiary/aromatic N) is 1. The molecule has 0 radical (unpaired) electrons. The van der Waals surface area contributed by atoms with Crippen LogP contribution in [0.5, 0.6) is 0 Å². The highest BCUT2D eigenvalue weighted by molar-refractivity contribution is 6.21. The SMILES string of the molecule is CC(C)C(C)C1C(=O)N(c2ccccc2)C(=O)C1C. The second-order valence-corrected chi connectivity index (χ2v) is 5.77. The highest BCUT2D eigenvalue weighted by Crippen LogP contribution is 2.37. The third kappa shape index (κ3) is 2.29. The first-order chi connectivity index (χ1) is 8.95. The van der Waals surface area contributed by atoms with Crippen LogP contribution in [0.15, 0.2) is 30.3 Å². The van der Waals surface area contributed by atoms with Crippen LogP contribution in [0.4, 0.5) is 5.69 Å². The molecule has 3 nitrogen and oxygen atoms in total. The molecule has 3 heteroatoms. The molecule has 0 aromatic heterocycles. The third-order valence-electron chi connectivity index (χ3n) is 4.29. The van der Waals surface area contributed by atoms with Gasteiger partial charge in [-0.05, 0) is 24.0 Å². The van der Waals surface area contributed by atoms with Crippen molar-refractivity contribution >= 4 is 17.5 Å². The number of anilines is 1. The molecule has 0 N–H and O–H groups in total.